The van der Waals surface area contributed by atoms with Gasteiger partial charge in [-0.15, -0.1) is 0 Å². The molecule has 0 aromatic heterocycles. The molecule has 18 nitrogen and oxygen atoms in total. The van der Waals surface area contributed by atoms with E-state index in [1.165, 1.54) is 103 Å². The highest BCUT2D eigenvalue weighted by atomic mass is 16.5. The number of hydrogen-bond acceptors (Lipinski definition) is 18. The van der Waals surface area contributed by atoms with Crippen LogP contribution in [0.15, 0.2) is 183 Å². The molecule has 0 aliphatic heterocycles. The molecule has 10 unspecified atom stereocenters. The number of aryl methyl sites for hydroxylation is 1. The van der Waals surface area contributed by atoms with Crippen molar-refractivity contribution < 1.29 is 66.8 Å². The van der Waals surface area contributed by atoms with Gasteiger partial charge in [-0.25, -0.2) is 0 Å². The van der Waals surface area contributed by atoms with Crippen molar-refractivity contribution in [3.05, 3.63) is 217 Å². The molecule has 5 aromatic rings. The van der Waals surface area contributed by atoms with Crippen molar-refractivity contribution in [2.75, 3.05) is 105 Å². The molecule has 0 saturated heterocycles. The maximum Gasteiger partial charge on any atom is 0.308 e. The maximum atomic E-state index is 13.2. The fourth-order valence-electron chi connectivity index (χ4n) is 29.6. The summed E-state index contributed by atoms with van der Waals surface area (Å²) in [4.78, 5) is 109. The zero-order valence-corrected chi connectivity index (χ0v) is 87.9. The van der Waals surface area contributed by atoms with Gasteiger partial charge in [0.05, 0.1) is 0 Å². The number of nitrogens with zero attached hydrogens (tertiary/aromatic N) is 4. The molecule has 20 rings (SSSR count). The number of likely N-dealkylation sites (N-methyl/N-ethyl adjacent to an activating group) is 4. The van der Waals surface area contributed by atoms with Gasteiger partial charge < -0.3 is 48.0 Å². The second kappa shape index (κ2) is 45.1. The molecule has 760 valence electrons. The summed E-state index contributed by atoms with van der Waals surface area (Å²) in [7, 11) is 0. The number of carbonyl (C=O) groups is 8. The van der Waals surface area contributed by atoms with E-state index < -0.39 is 0 Å². The minimum atomic E-state index is -0.288. The molecule has 0 amide bonds. The zero-order valence-electron chi connectivity index (χ0n) is 87.9. The monoisotopic (exact) mass is 1930 g/mol. The van der Waals surface area contributed by atoms with Crippen molar-refractivity contribution in [1.29, 1.82) is 0 Å². The molecule has 0 spiro atoms. The van der Waals surface area contributed by atoms with E-state index in [9.17, 15) is 38.4 Å². The van der Waals surface area contributed by atoms with E-state index in [1.54, 1.807) is 5.57 Å². The second-order valence-electron chi connectivity index (χ2n) is 44.5. The van der Waals surface area contributed by atoms with Crippen LogP contribution in [0.25, 0.3) is 11.1 Å². The molecular weight excluding hydrogens is 1770 g/mol. The Morgan fingerprint density at radius 3 is 1.30 bits per heavy atom. The number of carbonyl (C=O) groups excluding carboxylic acids is 8. The van der Waals surface area contributed by atoms with Crippen LogP contribution in [0.1, 0.15) is 315 Å². The molecular formula is C124H160N4O14. The highest BCUT2D eigenvalue weighted by molar-refractivity contribution is 5.95. The van der Waals surface area contributed by atoms with Crippen LogP contribution in [0.5, 0.6) is 28.7 Å². The van der Waals surface area contributed by atoms with Crippen LogP contribution in [0, 0.1) is 69.0 Å². The average molecular weight is 1930 g/mol. The quantitative estimate of drug-likeness (QED) is 0.0310. The molecule has 0 radical (unpaired) electrons. The van der Waals surface area contributed by atoms with Crippen LogP contribution in [0.2, 0.25) is 0 Å². The van der Waals surface area contributed by atoms with Crippen LogP contribution in [-0.4, -0.2) is 171 Å². The second-order valence-corrected chi connectivity index (χ2v) is 44.5. The molecule has 5 aromatic carbocycles. The van der Waals surface area contributed by atoms with Crippen LogP contribution >= 0.6 is 0 Å². The highest BCUT2D eigenvalue weighted by Crippen LogP contribution is 2.68. The van der Waals surface area contributed by atoms with Gasteiger partial charge in [0.15, 0.2) is 5.78 Å². The summed E-state index contributed by atoms with van der Waals surface area (Å²) in [6.45, 7) is 44.0. The summed E-state index contributed by atoms with van der Waals surface area (Å²) in [5.41, 5.74) is 22.2. The first-order valence-corrected chi connectivity index (χ1v) is 55.1. The Hall–Kier alpha value is -9.72. The van der Waals surface area contributed by atoms with Crippen LogP contribution in [-0.2, 0) is 49.5 Å². The van der Waals surface area contributed by atoms with E-state index in [-0.39, 0.29) is 51.2 Å². The van der Waals surface area contributed by atoms with Crippen LogP contribution in [0.3, 0.4) is 0 Å². The summed E-state index contributed by atoms with van der Waals surface area (Å²) < 4.78 is 35.1. The molecule has 6 saturated carbocycles. The fourth-order valence-corrected chi connectivity index (χ4v) is 29.6. The maximum absolute atomic E-state index is 13.2. The minimum absolute atomic E-state index is 0.218. The van der Waals surface area contributed by atoms with Crippen molar-refractivity contribution in [3.63, 3.8) is 0 Å². The molecule has 18 heteroatoms. The van der Waals surface area contributed by atoms with Crippen LogP contribution < -0.4 is 23.7 Å². The first-order chi connectivity index (χ1) is 68.5. The Balaban J connectivity index is 0.000000130. The lowest BCUT2D eigenvalue weighted by atomic mass is 9.51. The fraction of sp³-hybridized carbons (Fsp3) is 0.581. The summed E-state index contributed by atoms with van der Waals surface area (Å²) in [5.74, 6) is 11.5. The van der Waals surface area contributed by atoms with Crippen molar-refractivity contribution >= 4 is 57.8 Å². The number of benzene rings is 5. The molecule has 15 atom stereocenters. The number of rotatable bonds is 30. The normalized spacial score (nSPS) is 28.7. The lowest BCUT2D eigenvalue weighted by Gasteiger charge is -2.52. The number of esters is 2. The van der Waals surface area contributed by atoms with Gasteiger partial charge in [-0.2, -0.15) is 0 Å². The molecule has 0 bridgehead atoms. The molecule has 15 aliphatic carbocycles. The van der Waals surface area contributed by atoms with Gasteiger partial charge in [-0.1, -0.05) is 149 Å². The summed E-state index contributed by atoms with van der Waals surface area (Å²) in [6.07, 6.45) is 28.0. The largest absolute Gasteiger partial charge is 0.492 e. The van der Waals surface area contributed by atoms with Gasteiger partial charge in [0, 0.05) is 119 Å². The molecule has 15 aliphatic rings. The van der Waals surface area contributed by atoms with Crippen molar-refractivity contribution in [2.24, 2.45) is 69.0 Å². The summed E-state index contributed by atoms with van der Waals surface area (Å²) in [5, 5.41) is 0. The zero-order chi connectivity index (χ0) is 100. The summed E-state index contributed by atoms with van der Waals surface area (Å²) in [6, 6.07) is 40.6. The first-order valence-electron chi connectivity index (χ1n) is 55.1. The van der Waals surface area contributed by atoms with Gasteiger partial charge in [0.1, 0.15) is 89.9 Å². The SMILES string of the molecule is CCN(CC)CCOc1ccc(C2=C3C4=C(C=C(OC(C)=O)CC4)CCC3C3CCC(=O)[C@@]3(C)C2)cc1.CCN(CC)CCOc1ccc(C2=C3C4=C(CCC3C3CCC(=O)[C@@]3(C)C2)CC(=O)CC4)cc1.CCN(CC)CCOc1ccc(C2C[C@]3(C)C(=O)CCC3C3CCC4=CC(=O)CCC4=C23)cc1.CCN(CC)CCOc1ccc([C@H]2C[C@]3(C)C(=O)CCC3C3CCc4cc(OC(C)=O)ccc4C32)cc1. The number of hydrogen-bond donors (Lipinski definition) is 0. The first kappa shape index (κ1) is 104. The number of fused-ring (bicyclic) bond motifs is 17. The Kier molecular flexibility index (Phi) is 32.9. The van der Waals surface area contributed by atoms with Gasteiger partial charge in [0.25, 0.3) is 0 Å². The minimum Gasteiger partial charge on any atom is -0.492 e. The molecule has 6 fully saturated rings. The number of ether oxygens (including phenoxy) is 6. The number of allylic oxidation sites excluding steroid dienone is 14. The molecule has 0 heterocycles. The predicted octanol–water partition coefficient (Wildman–Crippen LogP) is 24.5. The smallest absolute Gasteiger partial charge is 0.308 e. The van der Waals surface area contributed by atoms with Gasteiger partial charge in [-0.05, 0) is 390 Å². The Labute approximate surface area is 846 Å². The Bertz CT molecular complexity index is 5730. The Morgan fingerprint density at radius 2 is 0.796 bits per heavy atom. The van der Waals surface area contributed by atoms with Gasteiger partial charge >= 0.3 is 11.9 Å². The van der Waals surface area contributed by atoms with E-state index in [0.29, 0.717) is 146 Å². The topological polar surface area (TPSA) is 205 Å². The number of Topliss-reactive ketones (excluding diaryl/α,β-unsaturated/α-hetero) is 5. The molecule has 142 heavy (non-hydrogen) atoms. The third-order valence-electron chi connectivity index (χ3n) is 37.4. The summed E-state index contributed by atoms with van der Waals surface area (Å²) >= 11 is 0. The standard InChI is InChI=1S/2C32H41NO4.2C30H39NO3/c2*1-5-33(6-2)17-18-36-24-10-7-22(8-11-24)28-20-32(4)29(15-16-30(32)35)27-13-9-23-19-25(37-21(3)34)12-14-26(23)31(27)28;2*1-4-31(5-2)16-17-34-23-10-6-20(7-11-23)26-19-30(3)27(14-15-28(30)33)25-12-8-21-18-22(32)9-13-24(21)29(25)26/h7-8,10-11,19,27,29H,5-6,9,12-18,20H2,1-4H3;7-8,10-12,14,19,27-29,31H,5-6,9,13,15-18,20H2,1-4H3;6-7,10-11,25,27H,4-5,8-9,12-19H2,1-3H3;6-7,10-11,18,25-27H,4-5,8-9,12-17,19H2,1-3H3/t27?,29?,32-;27?,28-,29?,31?,32+;25?,27?,30-;25?,26?,27?,30-/m0100/s1. The van der Waals surface area contributed by atoms with Crippen molar-refractivity contribution in [1.82, 2.24) is 19.6 Å². The third-order valence-corrected chi connectivity index (χ3v) is 37.4. The van der Waals surface area contributed by atoms with Crippen LogP contribution in [0.4, 0.5) is 0 Å². The van der Waals surface area contributed by atoms with E-state index in [4.69, 9.17) is 28.4 Å². The Morgan fingerprint density at radius 1 is 0.366 bits per heavy atom. The average Bonchev–Trinajstić information content (AvgIpc) is 1.51. The van der Waals surface area contributed by atoms with Crippen molar-refractivity contribution in [2.45, 2.75) is 288 Å². The van der Waals surface area contributed by atoms with E-state index in [2.05, 4.69) is 218 Å². The van der Waals surface area contributed by atoms with Gasteiger partial charge in [-0.3, -0.25) is 38.4 Å². The van der Waals surface area contributed by atoms with Crippen molar-refractivity contribution in [3.8, 4) is 28.7 Å². The highest BCUT2D eigenvalue weighted by Gasteiger charge is 2.61. The number of ketones is 6. The lowest BCUT2D eigenvalue weighted by molar-refractivity contribution is -0.137. The lowest BCUT2D eigenvalue weighted by Crippen LogP contribution is -2.46. The van der Waals surface area contributed by atoms with E-state index >= 15 is 0 Å². The predicted molar refractivity (Wildman–Crippen MR) is 562 cm³/mol. The third kappa shape index (κ3) is 21.5. The van der Waals surface area contributed by atoms with Gasteiger partial charge in [0.2, 0.25) is 0 Å². The van der Waals surface area contributed by atoms with E-state index in [0.717, 1.165) is 249 Å². The van der Waals surface area contributed by atoms with E-state index in [1.807, 2.05) is 12.1 Å². The molecule has 0 N–H and O–H groups in total.